The highest BCUT2D eigenvalue weighted by atomic mass is 79.9. The lowest BCUT2D eigenvalue weighted by atomic mass is 10.3. The van der Waals surface area contributed by atoms with Crippen molar-refractivity contribution in [2.45, 2.75) is 26.1 Å². The topological polar surface area (TPSA) is 87.4 Å². The molecule has 84 valence electrons. The summed E-state index contributed by atoms with van der Waals surface area (Å²) < 4.78 is 2.18. The van der Waals surface area contributed by atoms with Crippen LogP contribution in [0.25, 0.3) is 0 Å². The first-order valence-electron chi connectivity index (χ1n) is 4.35. The maximum atomic E-state index is 10.4. The van der Waals surface area contributed by atoms with Gasteiger partial charge in [-0.2, -0.15) is 5.10 Å². The van der Waals surface area contributed by atoms with Crippen LogP contribution in [0.15, 0.2) is 10.7 Å². The number of hydrogen-bond acceptors (Lipinski definition) is 3. The molecule has 0 aliphatic carbocycles. The van der Waals surface area contributed by atoms with Crippen LogP contribution in [0.5, 0.6) is 0 Å². The standard InChI is InChI=1S/C8H12BrN3O3/c1-5(10-8(14)15)3-12-6(4-13)2-7(9)11-12/h2,5,10,13H,3-4H2,1H3,(H,14,15)/t5-/m0/s1. The molecule has 6 nitrogen and oxygen atoms in total. The minimum absolute atomic E-state index is 0.127. The molecule has 0 saturated heterocycles. The molecule has 1 atom stereocenters. The van der Waals surface area contributed by atoms with E-state index in [2.05, 4.69) is 26.3 Å². The number of rotatable bonds is 4. The maximum Gasteiger partial charge on any atom is 0.404 e. The normalized spacial score (nSPS) is 12.5. The van der Waals surface area contributed by atoms with Crippen LogP contribution in [0.3, 0.4) is 0 Å². The molecular weight excluding hydrogens is 266 g/mol. The first-order valence-corrected chi connectivity index (χ1v) is 5.14. The van der Waals surface area contributed by atoms with Crippen molar-refractivity contribution >= 4 is 22.0 Å². The number of aromatic nitrogens is 2. The first-order chi connectivity index (χ1) is 7.02. The van der Waals surface area contributed by atoms with Gasteiger partial charge in [-0.1, -0.05) is 0 Å². The van der Waals surface area contributed by atoms with Crippen LogP contribution in [0.4, 0.5) is 4.79 Å². The second kappa shape index (κ2) is 5.13. The fourth-order valence-electron chi connectivity index (χ4n) is 1.22. The van der Waals surface area contributed by atoms with E-state index in [1.54, 1.807) is 17.7 Å². The van der Waals surface area contributed by atoms with E-state index in [4.69, 9.17) is 10.2 Å². The van der Waals surface area contributed by atoms with Crippen LogP contribution in [0, 0.1) is 0 Å². The third-order valence-corrected chi connectivity index (χ3v) is 2.20. The molecule has 1 heterocycles. The Morgan fingerprint density at radius 1 is 1.80 bits per heavy atom. The zero-order valence-electron chi connectivity index (χ0n) is 8.14. The second-order valence-corrected chi connectivity index (χ2v) is 3.96. The minimum Gasteiger partial charge on any atom is -0.465 e. The molecule has 0 unspecified atom stereocenters. The second-order valence-electron chi connectivity index (χ2n) is 3.15. The Morgan fingerprint density at radius 2 is 2.47 bits per heavy atom. The average molecular weight is 278 g/mol. The fourth-order valence-corrected chi connectivity index (χ4v) is 1.68. The number of aliphatic hydroxyl groups is 1. The highest BCUT2D eigenvalue weighted by Gasteiger charge is 2.10. The Hall–Kier alpha value is -1.08. The number of hydrogen-bond donors (Lipinski definition) is 3. The van der Waals surface area contributed by atoms with E-state index >= 15 is 0 Å². The molecule has 0 radical (unpaired) electrons. The number of aliphatic hydroxyl groups excluding tert-OH is 1. The first kappa shape index (κ1) is 12.0. The summed E-state index contributed by atoms with van der Waals surface area (Å²) in [5.41, 5.74) is 0.640. The molecular formula is C8H12BrN3O3. The quantitative estimate of drug-likeness (QED) is 0.760. The van der Waals surface area contributed by atoms with Crippen LogP contribution < -0.4 is 5.32 Å². The maximum absolute atomic E-state index is 10.4. The number of amides is 1. The van der Waals surface area contributed by atoms with Crippen molar-refractivity contribution in [2.24, 2.45) is 0 Å². The van der Waals surface area contributed by atoms with Crippen LogP contribution in [0.2, 0.25) is 0 Å². The van der Waals surface area contributed by atoms with Crippen molar-refractivity contribution in [3.63, 3.8) is 0 Å². The van der Waals surface area contributed by atoms with Crippen molar-refractivity contribution in [1.82, 2.24) is 15.1 Å². The van der Waals surface area contributed by atoms with Crippen molar-refractivity contribution in [3.05, 3.63) is 16.4 Å². The molecule has 1 aromatic rings. The zero-order valence-corrected chi connectivity index (χ0v) is 9.73. The lowest BCUT2D eigenvalue weighted by molar-refractivity contribution is 0.188. The van der Waals surface area contributed by atoms with Gasteiger partial charge in [-0.25, -0.2) is 4.79 Å². The molecule has 3 N–H and O–H groups in total. The van der Waals surface area contributed by atoms with Gasteiger partial charge < -0.3 is 15.5 Å². The van der Waals surface area contributed by atoms with Gasteiger partial charge in [0.1, 0.15) is 4.60 Å². The van der Waals surface area contributed by atoms with E-state index in [0.29, 0.717) is 16.8 Å². The van der Waals surface area contributed by atoms with Crippen molar-refractivity contribution < 1.29 is 15.0 Å². The molecule has 0 spiro atoms. The van der Waals surface area contributed by atoms with Crippen molar-refractivity contribution in [2.75, 3.05) is 0 Å². The summed E-state index contributed by atoms with van der Waals surface area (Å²) in [6, 6.07) is 1.42. The Kier molecular flexibility index (Phi) is 4.10. The van der Waals surface area contributed by atoms with E-state index in [1.807, 2.05) is 0 Å². The number of nitrogens with one attached hydrogen (secondary N) is 1. The predicted molar refractivity (Wildman–Crippen MR) is 56.5 cm³/mol. The molecule has 1 rings (SSSR count). The molecule has 0 aromatic carbocycles. The van der Waals surface area contributed by atoms with Gasteiger partial charge in [0.15, 0.2) is 0 Å². The van der Waals surface area contributed by atoms with E-state index in [-0.39, 0.29) is 12.6 Å². The number of halogens is 1. The van der Waals surface area contributed by atoms with Gasteiger partial charge in [0.05, 0.1) is 18.8 Å². The fraction of sp³-hybridized carbons (Fsp3) is 0.500. The minimum atomic E-state index is -1.07. The van der Waals surface area contributed by atoms with Gasteiger partial charge >= 0.3 is 6.09 Å². The van der Waals surface area contributed by atoms with Crippen LogP contribution in [-0.2, 0) is 13.2 Å². The molecule has 0 saturated carbocycles. The molecule has 0 aliphatic rings. The zero-order chi connectivity index (χ0) is 11.4. The van der Waals surface area contributed by atoms with Crippen molar-refractivity contribution in [1.29, 1.82) is 0 Å². The Bertz CT molecular complexity index is 353. The predicted octanol–water partition coefficient (Wildman–Crippen LogP) is 0.794. The Balaban J connectivity index is 2.66. The number of carboxylic acid groups (broad SMARTS) is 1. The molecule has 0 aliphatic heterocycles. The number of nitrogens with zero attached hydrogens (tertiary/aromatic N) is 2. The van der Waals surface area contributed by atoms with Gasteiger partial charge in [0, 0.05) is 6.04 Å². The Labute approximate surface area is 95.0 Å². The van der Waals surface area contributed by atoms with E-state index < -0.39 is 6.09 Å². The van der Waals surface area contributed by atoms with E-state index in [1.165, 1.54) is 0 Å². The molecule has 1 aromatic heterocycles. The Morgan fingerprint density at radius 3 is 3.00 bits per heavy atom. The van der Waals surface area contributed by atoms with Crippen molar-refractivity contribution in [3.8, 4) is 0 Å². The summed E-state index contributed by atoms with van der Waals surface area (Å²) in [6.07, 6.45) is -1.07. The lowest BCUT2D eigenvalue weighted by Gasteiger charge is -2.12. The van der Waals surface area contributed by atoms with Crippen LogP contribution in [0.1, 0.15) is 12.6 Å². The molecule has 0 bridgehead atoms. The van der Waals surface area contributed by atoms with Gasteiger partial charge in [-0.05, 0) is 28.9 Å². The summed E-state index contributed by atoms with van der Waals surface area (Å²) in [5.74, 6) is 0. The third kappa shape index (κ3) is 3.52. The highest BCUT2D eigenvalue weighted by molar-refractivity contribution is 9.10. The third-order valence-electron chi connectivity index (χ3n) is 1.81. The van der Waals surface area contributed by atoms with Crippen LogP contribution >= 0.6 is 15.9 Å². The van der Waals surface area contributed by atoms with E-state index in [0.717, 1.165) is 0 Å². The molecule has 7 heteroatoms. The lowest BCUT2D eigenvalue weighted by Crippen LogP contribution is -2.35. The van der Waals surface area contributed by atoms with Gasteiger partial charge in [-0.3, -0.25) is 4.68 Å². The molecule has 1 amide bonds. The summed E-state index contributed by atoms with van der Waals surface area (Å²) >= 11 is 3.18. The summed E-state index contributed by atoms with van der Waals surface area (Å²) in [4.78, 5) is 10.4. The smallest absolute Gasteiger partial charge is 0.404 e. The summed E-state index contributed by atoms with van der Waals surface area (Å²) in [6.45, 7) is 1.98. The number of carbonyl (C=O) groups is 1. The summed E-state index contributed by atoms with van der Waals surface area (Å²) in [5, 5.41) is 23.9. The monoisotopic (exact) mass is 277 g/mol. The molecule has 0 fully saturated rings. The largest absolute Gasteiger partial charge is 0.465 e. The summed E-state index contributed by atoms with van der Waals surface area (Å²) in [7, 11) is 0. The SMILES string of the molecule is C[C@@H](Cn1nc(Br)cc1CO)NC(=O)O. The highest BCUT2D eigenvalue weighted by Crippen LogP contribution is 2.11. The van der Waals surface area contributed by atoms with Gasteiger partial charge in [0.2, 0.25) is 0 Å². The van der Waals surface area contributed by atoms with E-state index in [9.17, 15) is 4.79 Å². The molecule has 15 heavy (non-hydrogen) atoms. The van der Waals surface area contributed by atoms with Gasteiger partial charge in [0.25, 0.3) is 0 Å². The van der Waals surface area contributed by atoms with Gasteiger partial charge in [-0.15, -0.1) is 0 Å². The van der Waals surface area contributed by atoms with Crippen LogP contribution in [-0.4, -0.2) is 32.1 Å². The average Bonchev–Trinajstić information content (AvgIpc) is 2.44.